The van der Waals surface area contributed by atoms with Gasteiger partial charge in [0.25, 0.3) is 5.91 Å². The van der Waals surface area contributed by atoms with Crippen molar-refractivity contribution in [3.8, 4) is 6.07 Å². The van der Waals surface area contributed by atoms with Crippen molar-refractivity contribution in [2.45, 2.75) is 54.4 Å². The lowest BCUT2D eigenvalue weighted by Crippen LogP contribution is -2.42. The summed E-state index contributed by atoms with van der Waals surface area (Å²) >= 11 is 12.7. The van der Waals surface area contributed by atoms with Crippen molar-refractivity contribution in [3.63, 3.8) is 0 Å². The normalized spacial score (nSPS) is 14.5. The number of hydrogen-bond acceptors (Lipinski definition) is 8. The molecule has 1 saturated heterocycles. The van der Waals surface area contributed by atoms with Crippen LogP contribution in [0.15, 0.2) is 83.8 Å². The third-order valence-corrected chi connectivity index (χ3v) is 11.6. The van der Waals surface area contributed by atoms with Gasteiger partial charge in [-0.05, 0) is 103 Å². The van der Waals surface area contributed by atoms with E-state index in [1.807, 2.05) is 73.8 Å². The minimum Gasteiger partial charge on any atom is -0.481 e. The van der Waals surface area contributed by atoms with Crippen LogP contribution >= 0.6 is 23.2 Å². The molecule has 1 amide bonds. The van der Waals surface area contributed by atoms with Gasteiger partial charge in [0.1, 0.15) is 0 Å². The Labute approximate surface area is 337 Å². The average molecular weight is 825 g/mol. The Bertz CT molecular complexity index is 2130. The van der Waals surface area contributed by atoms with E-state index in [-0.39, 0.29) is 11.8 Å². The van der Waals surface area contributed by atoms with Crippen molar-refractivity contribution in [1.29, 1.82) is 5.26 Å². The molecule has 1 aliphatic rings. The molecule has 1 fully saturated rings. The molecule has 1 unspecified atom stereocenters. The van der Waals surface area contributed by atoms with Gasteiger partial charge in [-0.2, -0.15) is 5.26 Å². The van der Waals surface area contributed by atoms with Gasteiger partial charge in [0.15, 0.2) is 5.60 Å². The number of benzene rings is 4. The van der Waals surface area contributed by atoms with Gasteiger partial charge in [0.05, 0.1) is 45.3 Å². The summed E-state index contributed by atoms with van der Waals surface area (Å²) in [6.07, 6.45) is 2.38. The summed E-state index contributed by atoms with van der Waals surface area (Å²) in [5, 5.41) is 45.8. The molecule has 4 N–H and O–H groups in total. The molecule has 0 radical (unpaired) electrons. The van der Waals surface area contributed by atoms with Crippen molar-refractivity contribution in [2.75, 3.05) is 39.5 Å². The van der Waals surface area contributed by atoms with Crippen molar-refractivity contribution in [2.24, 2.45) is 0 Å². The molecule has 2 atom stereocenters. The fourth-order valence-corrected chi connectivity index (χ4v) is 8.03. The standard InChI is InChI=1S/C35H35Cl2N3O2S.C6H8O7/c1-39(35(41)31-8-5-6-27-20-24(22-38)10-12-29(27)31)23-28(26-11-13-32(36)33(37)21-26)16-19-40-17-14-25(15-18-40)30-7-3-4-9-34(30)43(2)42;7-3(8)1-6(13,5(11)12)2-4(9)10/h3-13,20-21,25,28H,14-19,23H2,1-2H3;13H,1-2H2,(H,7,8)(H,9,10)(H,11,12)/t28-,43?;/m1./s1. The maximum Gasteiger partial charge on any atom is 0.336 e. The average Bonchev–Trinajstić information content (AvgIpc) is 3.16. The topological polar surface area (TPSA) is 197 Å². The van der Waals surface area contributed by atoms with E-state index in [1.54, 1.807) is 17.2 Å². The van der Waals surface area contributed by atoms with E-state index in [0.717, 1.165) is 60.1 Å². The first-order valence-electron chi connectivity index (χ1n) is 17.7. The van der Waals surface area contributed by atoms with Crippen molar-refractivity contribution in [3.05, 3.63) is 111 Å². The molecule has 0 saturated carbocycles. The zero-order chi connectivity index (χ0) is 41.2. The number of hydrogen-bond donors (Lipinski definition) is 4. The van der Waals surface area contributed by atoms with Gasteiger partial charge in [-0.25, -0.2) is 4.79 Å². The number of fused-ring (bicyclic) bond motifs is 1. The summed E-state index contributed by atoms with van der Waals surface area (Å²) in [5.41, 5.74) is 0.720. The van der Waals surface area contributed by atoms with Gasteiger partial charge >= 0.3 is 17.9 Å². The third-order valence-electron chi connectivity index (χ3n) is 9.83. The molecule has 0 aromatic heterocycles. The van der Waals surface area contributed by atoms with Crippen LogP contribution in [0.5, 0.6) is 0 Å². The molecule has 1 aliphatic heterocycles. The Morgan fingerprint density at radius 3 is 2.18 bits per heavy atom. The van der Waals surface area contributed by atoms with Crippen LogP contribution in [0.25, 0.3) is 10.8 Å². The Hall–Kier alpha value is -4.84. The maximum atomic E-state index is 13.7. The summed E-state index contributed by atoms with van der Waals surface area (Å²) < 4.78 is 12.3. The number of amides is 1. The fourth-order valence-electron chi connectivity index (χ4n) is 6.89. The summed E-state index contributed by atoms with van der Waals surface area (Å²) in [4.78, 5) is 49.4. The van der Waals surface area contributed by atoms with E-state index in [1.165, 1.54) is 5.56 Å². The van der Waals surface area contributed by atoms with E-state index >= 15 is 0 Å². The molecule has 0 spiro atoms. The fraction of sp³-hybridized carbons (Fsp3) is 0.341. The minimum absolute atomic E-state index is 0.0600. The molecule has 56 heavy (non-hydrogen) atoms. The second-order valence-electron chi connectivity index (χ2n) is 13.8. The highest BCUT2D eigenvalue weighted by Gasteiger charge is 2.40. The Balaban J connectivity index is 0.000000460. The monoisotopic (exact) mass is 823 g/mol. The number of piperidine rings is 1. The number of aliphatic hydroxyl groups is 1. The number of nitrogens with zero attached hydrogens (tertiary/aromatic N) is 3. The number of carbonyl (C=O) groups excluding carboxylic acids is 1. The molecule has 12 nitrogen and oxygen atoms in total. The lowest BCUT2D eigenvalue weighted by molar-refractivity contribution is -0.170. The predicted molar refractivity (Wildman–Crippen MR) is 214 cm³/mol. The highest BCUT2D eigenvalue weighted by Crippen LogP contribution is 2.34. The molecule has 0 bridgehead atoms. The van der Waals surface area contributed by atoms with Crippen molar-refractivity contribution in [1.82, 2.24) is 9.80 Å². The predicted octanol–water partition coefficient (Wildman–Crippen LogP) is 6.63. The lowest BCUT2D eigenvalue weighted by atomic mass is 9.88. The number of carbonyl (C=O) groups is 4. The highest BCUT2D eigenvalue weighted by atomic mass is 35.5. The van der Waals surface area contributed by atoms with Crippen LogP contribution in [-0.4, -0.2) is 103 Å². The molecule has 5 rings (SSSR count). The van der Waals surface area contributed by atoms with Crippen molar-refractivity contribution < 1.29 is 43.8 Å². The van der Waals surface area contributed by atoms with E-state index in [9.17, 15) is 28.6 Å². The van der Waals surface area contributed by atoms with Gasteiger partial charge in [0.2, 0.25) is 0 Å². The SMILES string of the molecule is CN(C[C@@H](CCN1CCC(c2ccccc2S(C)=O)CC1)c1ccc(Cl)c(Cl)c1)C(=O)c1cccc2cc(C#N)ccc12.O=C(O)CC(O)(CC(=O)O)C(=O)O. The number of halogens is 2. The third kappa shape index (κ3) is 11.6. The molecule has 296 valence electrons. The van der Waals surface area contributed by atoms with Gasteiger partial charge in [-0.1, -0.05) is 65.7 Å². The quantitative estimate of drug-likeness (QED) is 0.107. The molecular weight excluding hydrogens is 781 g/mol. The Morgan fingerprint density at radius 1 is 0.929 bits per heavy atom. The molecule has 0 aliphatic carbocycles. The Kier molecular flexibility index (Phi) is 15.5. The highest BCUT2D eigenvalue weighted by molar-refractivity contribution is 7.84. The minimum atomic E-state index is -2.74. The van der Waals surface area contributed by atoms with Crippen LogP contribution in [0, 0.1) is 11.3 Å². The molecule has 1 heterocycles. The van der Waals surface area contributed by atoms with Gasteiger partial charge in [0, 0.05) is 36.2 Å². The number of carboxylic acid groups (broad SMARTS) is 3. The van der Waals surface area contributed by atoms with E-state index in [0.29, 0.717) is 33.6 Å². The molecule has 4 aromatic carbocycles. The van der Waals surface area contributed by atoms with Crippen LogP contribution in [0.2, 0.25) is 10.0 Å². The number of likely N-dealkylation sites (tertiary alicyclic amines) is 1. The second kappa shape index (κ2) is 19.8. The summed E-state index contributed by atoms with van der Waals surface area (Å²) in [6.45, 7) is 3.36. The van der Waals surface area contributed by atoms with E-state index in [2.05, 4.69) is 17.0 Å². The molecule has 4 aromatic rings. The largest absolute Gasteiger partial charge is 0.481 e. The van der Waals surface area contributed by atoms with Crippen LogP contribution in [0.1, 0.15) is 71.0 Å². The first kappa shape index (κ1) is 43.9. The molecule has 15 heteroatoms. The number of nitriles is 1. The van der Waals surface area contributed by atoms with Gasteiger partial charge in [-0.3, -0.25) is 18.6 Å². The van der Waals surface area contributed by atoms with Gasteiger partial charge in [-0.15, -0.1) is 0 Å². The maximum absolute atomic E-state index is 13.7. The van der Waals surface area contributed by atoms with Gasteiger partial charge < -0.3 is 30.2 Å². The first-order valence-corrected chi connectivity index (χ1v) is 20.0. The zero-order valence-corrected chi connectivity index (χ0v) is 33.2. The van der Waals surface area contributed by atoms with Crippen LogP contribution in [0.3, 0.4) is 0 Å². The number of aliphatic carboxylic acids is 3. The summed E-state index contributed by atoms with van der Waals surface area (Å²) in [6, 6.07) is 27.1. The number of carboxylic acids is 3. The molecular formula is C41H43Cl2N3O9S. The first-order chi connectivity index (χ1) is 26.5. The van der Waals surface area contributed by atoms with Crippen LogP contribution < -0.4 is 0 Å². The lowest BCUT2D eigenvalue weighted by Gasteiger charge is -2.34. The summed E-state index contributed by atoms with van der Waals surface area (Å²) in [5.74, 6) is -4.61. The smallest absolute Gasteiger partial charge is 0.336 e. The van der Waals surface area contributed by atoms with E-state index in [4.69, 9.17) is 43.6 Å². The van der Waals surface area contributed by atoms with Crippen molar-refractivity contribution >= 4 is 68.6 Å². The van der Waals surface area contributed by atoms with Crippen LogP contribution in [-0.2, 0) is 25.2 Å². The van der Waals surface area contributed by atoms with E-state index < -0.39 is 47.2 Å². The zero-order valence-electron chi connectivity index (χ0n) is 30.9. The number of rotatable bonds is 14. The second-order valence-corrected chi connectivity index (χ2v) is 15.9. The number of likely N-dealkylation sites (N-methyl/N-ethyl adjacent to an activating group) is 1. The van der Waals surface area contributed by atoms with Crippen LogP contribution in [0.4, 0.5) is 0 Å². The summed E-state index contributed by atoms with van der Waals surface area (Å²) in [7, 11) is 0.846. The Morgan fingerprint density at radius 2 is 1.59 bits per heavy atom.